The van der Waals surface area contributed by atoms with Crippen molar-refractivity contribution in [3.63, 3.8) is 0 Å². The number of fused-ring (bicyclic) bond motifs is 1. The number of H-pyrrole nitrogens is 1. The third-order valence-electron chi connectivity index (χ3n) is 7.85. The molecule has 2 aromatic heterocycles. The van der Waals surface area contributed by atoms with E-state index in [1.165, 1.54) is 0 Å². The van der Waals surface area contributed by atoms with Crippen molar-refractivity contribution < 1.29 is 4.79 Å². The van der Waals surface area contributed by atoms with Crippen molar-refractivity contribution in [3.8, 4) is 0 Å². The van der Waals surface area contributed by atoms with Crippen molar-refractivity contribution in [3.05, 3.63) is 64.5 Å². The van der Waals surface area contributed by atoms with Crippen LogP contribution in [0, 0.1) is 0 Å². The Hall–Kier alpha value is -2.53. The number of halogens is 1. The first kappa shape index (κ1) is 25.1. The van der Waals surface area contributed by atoms with Gasteiger partial charge in [-0.1, -0.05) is 34.7 Å². The lowest BCUT2D eigenvalue weighted by Gasteiger charge is -2.47. The molecule has 36 heavy (non-hydrogen) atoms. The van der Waals surface area contributed by atoms with E-state index in [-0.39, 0.29) is 16.9 Å². The highest BCUT2D eigenvalue weighted by molar-refractivity contribution is 14.1. The van der Waals surface area contributed by atoms with Crippen molar-refractivity contribution in [1.82, 2.24) is 25.2 Å². The minimum atomic E-state index is -0.164. The van der Waals surface area contributed by atoms with Gasteiger partial charge in [-0.15, -0.1) is 0 Å². The molecular weight excluding hydrogens is 567 g/mol. The third-order valence-corrected chi connectivity index (χ3v) is 8.39. The number of piperidine rings is 2. The van der Waals surface area contributed by atoms with Crippen LogP contribution < -0.4 is 15.8 Å². The Morgan fingerprint density at radius 2 is 2.00 bits per heavy atom. The number of pyridine rings is 1. The lowest BCUT2D eigenvalue weighted by molar-refractivity contribution is 0.0822. The Labute approximate surface area is 225 Å². The van der Waals surface area contributed by atoms with E-state index in [0.29, 0.717) is 17.1 Å². The minimum Gasteiger partial charge on any atom is -0.370 e. The smallest absolute Gasteiger partial charge is 0.269 e. The fourth-order valence-electron chi connectivity index (χ4n) is 5.84. The van der Waals surface area contributed by atoms with Gasteiger partial charge in [0.15, 0.2) is 0 Å². The topological polar surface area (TPSA) is 94.2 Å². The monoisotopic (exact) mass is 600 g/mol. The number of para-hydroxylation sites is 1. The number of carbonyl (C=O) groups is 1. The summed E-state index contributed by atoms with van der Waals surface area (Å²) in [6, 6.07) is 11.9. The van der Waals surface area contributed by atoms with E-state index in [2.05, 4.69) is 47.7 Å². The van der Waals surface area contributed by atoms with Gasteiger partial charge < -0.3 is 15.2 Å². The number of nitrogens with one attached hydrogen (secondary N) is 2. The van der Waals surface area contributed by atoms with Gasteiger partial charge in [-0.25, -0.2) is 9.97 Å². The molecule has 5 rings (SSSR count). The lowest BCUT2D eigenvalue weighted by Crippen LogP contribution is -2.54. The molecule has 1 atom stereocenters. The Balaban J connectivity index is 1.30. The van der Waals surface area contributed by atoms with Gasteiger partial charge in [0, 0.05) is 42.6 Å². The predicted molar refractivity (Wildman–Crippen MR) is 151 cm³/mol. The molecule has 3 aromatic rings. The van der Waals surface area contributed by atoms with Gasteiger partial charge in [0.05, 0.1) is 22.8 Å². The second-order valence-corrected chi connectivity index (χ2v) is 11.0. The van der Waals surface area contributed by atoms with Crippen LogP contribution in [0.1, 0.15) is 48.4 Å². The molecule has 0 spiro atoms. The molecule has 190 valence electrons. The van der Waals surface area contributed by atoms with Gasteiger partial charge in [0.1, 0.15) is 11.5 Å². The molecule has 1 aromatic carbocycles. The van der Waals surface area contributed by atoms with Crippen LogP contribution in [0.3, 0.4) is 0 Å². The first-order valence-electron chi connectivity index (χ1n) is 12.8. The zero-order valence-corrected chi connectivity index (χ0v) is 22.8. The Morgan fingerprint density at radius 3 is 2.72 bits per heavy atom. The van der Waals surface area contributed by atoms with E-state index in [9.17, 15) is 9.59 Å². The predicted octanol–water partition coefficient (Wildman–Crippen LogP) is 3.51. The van der Waals surface area contributed by atoms with Crippen LogP contribution in [0.5, 0.6) is 0 Å². The fraction of sp³-hybridized carbons (Fsp3) is 0.481. The molecule has 1 amide bonds. The van der Waals surface area contributed by atoms with E-state index in [4.69, 9.17) is 4.98 Å². The lowest BCUT2D eigenvalue weighted by atomic mass is 9.76. The molecule has 8 nitrogen and oxygen atoms in total. The summed E-state index contributed by atoms with van der Waals surface area (Å²) < 4.78 is 1.03. The van der Waals surface area contributed by atoms with E-state index in [1.807, 2.05) is 30.3 Å². The fourth-order valence-corrected chi connectivity index (χ4v) is 6.87. The molecule has 0 aliphatic carbocycles. The maximum atomic E-state index is 12.9. The van der Waals surface area contributed by atoms with Crippen molar-refractivity contribution in [1.29, 1.82) is 0 Å². The van der Waals surface area contributed by atoms with Gasteiger partial charge in [-0.3, -0.25) is 14.5 Å². The highest BCUT2D eigenvalue weighted by Crippen LogP contribution is 2.38. The first-order chi connectivity index (χ1) is 17.5. The molecule has 2 N–H and O–H groups in total. The number of aromatic nitrogens is 3. The zero-order valence-electron chi connectivity index (χ0n) is 20.7. The molecule has 4 heterocycles. The zero-order chi connectivity index (χ0) is 25.1. The summed E-state index contributed by atoms with van der Waals surface area (Å²) in [5, 5.41) is 3.27. The number of aromatic amines is 1. The molecule has 0 saturated carbocycles. The van der Waals surface area contributed by atoms with Crippen molar-refractivity contribution in [2.24, 2.45) is 0 Å². The van der Waals surface area contributed by atoms with Gasteiger partial charge >= 0.3 is 0 Å². The number of benzene rings is 1. The van der Waals surface area contributed by atoms with E-state index < -0.39 is 0 Å². The largest absolute Gasteiger partial charge is 0.370 e. The second-order valence-electron chi connectivity index (χ2n) is 9.92. The number of amides is 1. The average Bonchev–Trinajstić information content (AvgIpc) is 2.93. The summed E-state index contributed by atoms with van der Waals surface area (Å²) in [5.74, 6) is 0.690. The summed E-state index contributed by atoms with van der Waals surface area (Å²) in [6.45, 7) is 3.96. The normalized spacial score (nSPS) is 21.6. The van der Waals surface area contributed by atoms with Gasteiger partial charge in [-0.05, 0) is 62.9 Å². The summed E-state index contributed by atoms with van der Waals surface area (Å²) in [5.41, 5.74) is 2.13. The number of nitrogens with zero attached hydrogens (tertiary/aromatic N) is 4. The van der Waals surface area contributed by atoms with Gasteiger partial charge in [0.25, 0.3) is 11.5 Å². The average molecular weight is 601 g/mol. The van der Waals surface area contributed by atoms with Crippen molar-refractivity contribution in [2.45, 2.75) is 43.6 Å². The quantitative estimate of drug-likeness (QED) is 0.333. The Kier molecular flexibility index (Phi) is 7.57. The molecule has 2 aliphatic rings. The summed E-state index contributed by atoms with van der Waals surface area (Å²) in [7, 11) is 1.62. The number of rotatable bonds is 6. The van der Waals surface area contributed by atoms with Crippen LogP contribution in [-0.2, 0) is 5.41 Å². The van der Waals surface area contributed by atoms with Crippen LogP contribution in [0.2, 0.25) is 0 Å². The third kappa shape index (κ3) is 5.00. The molecule has 0 radical (unpaired) electrons. The number of likely N-dealkylation sites (tertiary alicyclic amines) is 1. The maximum Gasteiger partial charge on any atom is 0.269 e. The molecule has 1 unspecified atom stereocenters. The maximum absolute atomic E-state index is 12.9. The van der Waals surface area contributed by atoms with Crippen molar-refractivity contribution >= 4 is 45.1 Å². The number of anilines is 1. The molecule has 2 fully saturated rings. The van der Waals surface area contributed by atoms with Crippen LogP contribution in [-0.4, -0.2) is 69.5 Å². The molecule has 0 bridgehead atoms. The SMILES string of the molecule is CNC(=O)c1ccc(N2CCC(N3CCCC(CCI)(c4nc5ccccc5c(=O)[nH]4)C3)CC2)cn1. The minimum absolute atomic E-state index is 0.0371. The van der Waals surface area contributed by atoms with Crippen LogP contribution in [0.15, 0.2) is 47.4 Å². The molecular formula is C27H33IN6O2. The second kappa shape index (κ2) is 10.8. The molecule has 2 aliphatic heterocycles. The number of hydrogen-bond acceptors (Lipinski definition) is 6. The summed E-state index contributed by atoms with van der Waals surface area (Å²) >= 11 is 2.46. The number of carbonyl (C=O) groups excluding carboxylic acids is 1. The number of alkyl halides is 1. The van der Waals surface area contributed by atoms with Crippen LogP contribution in [0.4, 0.5) is 5.69 Å². The van der Waals surface area contributed by atoms with Crippen LogP contribution in [0.25, 0.3) is 10.9 Å². The highest BCUT2D eigenvalue weighted by Gasteiger charge is 2.41. The highest BCUT2D eigenvalue weighted by atomic mass is 127. The Bertz CT molecular complexity index is 1270. The van der Waals surface area contributed by atoms with E-state index >= 15 is 0 Å². The first-order valence-corrected chi connectivity index (χ1v) is 14.3. The summed E-state index contributed by atoms with van der Waals surface area (Å²) in [4.78, 5) is 42.2. The summed E-state index contributed by atoms with van der Waals surface area (Å²) in [6.07, 6.45) is 7.14. The molecule has 2 saturated heterocycles. The van der Waals surface area contributed by atoms with Gasteiger partial charge in [-0.2, -0.15) is 0 Å². The van der Waals surface area contributed by atoms with E-state index in [1.54, 1.807) is 19.3 Å². The molecule has 9 heteroatoms. The Morgan fingerprint density at radius 1 is 1.19 bits per heavy atom. The number of hydrogen-bond donors (Lipinski definition) is 2. The van der Waals surface area contributed by atoms with Gasteiger partial charge in [0.2, 0.25) is 0 Å². The van der Waals surface area contributed by atoms with E-state index in [0.717, 1.165) is 79.7 Å². The standard InChI is InChI=1S/C27H33IN6O2/c1-29-25(36)23-8-7-20(17-30-23)33-15-9-19(10-16-33)34-14-4-11-27(18-34,12-13-28)26-31-22-6-3-2-5-21(22)24(35)32-26/h2-3,5-8,17,19H,4,9-16,18H2,1H3,(H,29,36)(H,31,32,35). The van der Waals surface area contributed by atoms with Crippen molar-refractivity contribution in [2.75, 3.05) is 42.6 Å². The van der Waals surface area contributed by atoms with Crippen LogP contribution >= 0.6 is 22.6 Å².